The molecule has 1 rings (SSSR count). The Morgan fingerprint density at radius 2 is 1.11 bits per heavy atom. The van der Waals surface area contributed by atoms with Crippen LogP contribution in [0, 0.1) is 0 Å². The molecule has 37 heavy (non-hydrogen) atoms. The van der Waals surface area contributed by atoms with E-state index < -0.39 is 6.36 Å². The number of unbranched alkanes of at least 4 members (excludes halogenated alkanes) is 13. The minimum absolute atomic E-state index is 0.0142. The normalized spacial score (nSPS) is 11.4. The molecule has 0 fully saturated rings. The van der Waals surface area contributed by atoms with Crippen LogP contribution in [0.15, 0.2) is 24.3 Å². The Hall–Kier alpha value is -2.25. The fourth-order valence-electron chi connectivity index (χ4n) is 3.94. The maximum atomic E-state index is 12.2. The van der Waals surface area contributed by atoms with Crippen LogP contribution in [0.5, 0.6) is 5.75 Å². The van der Waals surface area contributed by atoms with Crippen molar-refractivity contribution >= 4 is 11.9 Å². The van der Waals surface area contributed by atoms with Crippen LogP contribution in [0.2, 0.25) is 0 Å². The van der Waals surface area contributed by atoms with Gasteiger partial charge >= 0.3 is 18.3 Å². The van der Waals surface area contributed by atoms with Crippen LogP contribution in [-0.2, 0) is 25.7 Å². The molecule has 0 saturated carbocycles. The standard InChI is InChI=1S/C29H45F3O5/c1-2-3-4-5-6-7-10-13-16-23-35-27(33)17-14-11-8-9-12-15-18-28(34)36-24-25-19-21-26(22-20-25)37-29(30,31)32/h19-22H,2-18,23-24H2,1H3. The lowest BCUT2D eigenvalue weighted by Gasteiger charge is -2.09. The number of carbonyl (C=O) groups excluding carboxylic acids is 2. The first-order valence-electron chi connectivity index (χ1n) is 14.0. The van der Waals surface area contributed by atoms with Crippen molar-refractivity contribution in [2.24, 2.45) is 0 Å². The van der Waals surface area contributed by atoms with E-state index in [0.29, 0.717) is 25.0 Å². The average molecular weight is 531 g/mol. The van der Waals surface area contributed by atoms with Crippen molar-refractivity contribution in [1.82, 2.24) is 0 Å². The van der Waals surface area contributed by atoms with Crippen LogP contribution in [-0.4, -0.2) is 24.9 Å². The van der Waals surface area contributed by atoms with Crippen molar-refractivity contribution < 1.29 is 37.0 Å². The van der Waals surface area contributed by atoms with Crippen molar-refractivity contribution in [2.75, 3.05) is 6.61 Å². The summed E-state index contributed by atoms with van der Waals surface area (Å²) < 4.78 is 50.8. The molecule has 0 aromatic heterocycles. The third kappa shape index (κ3) is 20.5. The van der Waals surface area contributed by atoms with Gasteiger partial charge in [-0.1, -0.05) is 96.1 Å². The third-order valence-electron chi connectivity index (χ3n) is 6.08. The summed E-state index contributed by atoms with van der Waals surface area (Å²) in [5.41, 5.74) is 0.592. The molecule has 0 aliphatic carbocycles. The SMILES string of the molecule is CCCCCCCCCCCOC(=O)CCCCCCCCC(=O)OCc1ccc(OC(F)(F)F)cc1. The Kier molecular flexibility index (Phi) is 18.4. The Bertz CT molecular complexity index is 719. The average Bonchev–Trinajstić information content (AvgIpc) is 2.85. The fraction of sp³-hybridized carbons (Fsp3) is 0.724. The van der Waals surface area contributed by atoms with E-state index in [0.717, 1.165) is 51.4 Å². The van der Waals surface area contributed by atoms with E-state index in [1.54, 1.807) is 0 Å². The lowest BCUT2D eigenvalue weighted by molar-refractivity contribution is -0.274. The molecule has 1 aromatic carbocycles. The minimum Gasteiger partial charge on any atom is -0.466 e. The monoisotopic (exact) mass is 530 g/mol. The summed E-state index contributed by atoms with van der Waals surface area (Å²) in [7, 11) is 0. The summed E-state index contributed by atoms with van der Waals surface area (Å²) in [6.45, 7) is 2.77. The van der Waals surface area contributed by atoms with Gasteiger partial charge in [0.2, 0.25) is 0 Å². The van der Waals surface area contributed by atoms with Crippen LogP contribution in [0.4, 0.5) is 13.2 Å². The van der Waals surface area contributed by atoms with Gasteiger partial charge in [0.1, 0.15) is 12.4 Å². The predicted octanol–water partition coefficient (Wildman–Crippen LogP) is 8.82. The van der Waals surface area contributed by atoms with Crippen molar-refractivity contribution in [3.8, 4) is 5.75 Å². The summed E-state index contributed by atoms with van der Waals surface area (Å²) in [5.74, 6) is -0.747. The van der Waals surface area contributed by atoms with E-state index in [1.807, 2.05) is 0 Å². The summed E-state index contributed by atoms with van der Waals surface area (Å²) in [5, 5.41) is 0. The van der Waals surface area contributed by atoms with Gasteiger partial charge < -0.3 is 14.2 Å². The highest BCUT2D eigenvalue weighted by Crippen LogP contribution is 2.23. The maximum absolute atomic E-state index is 12.2. The van der Waals surface area contributed by atoms with Gasteiger partial charge in [0.25, 0.3) is 0 Å². The van der Waals surface area contributed by atoms with Crippen molar-refractivity contribution in [3.63, 3.8) is 0 Å². The largest absolute Gasteiger partial charge is 0.573 e. The van der Waals surface area contributed by atoms with Gasteiger partial charge in [-0.05, 0) is 37.0 Å². The molecule has 5 nitrogen and oxygen atoms in total. The third-order valence-corrected chi connectivity index (χ3v) is 6.08. The van der Waals surface area contributed by atoms with E-state index in [9.17, 15) is 22.8 Å². The Balaban J connectivity index is 1.90. The first-order valence-corrected chi connectivity index (χ1v) is 14.0. The number of rotatable bonds is 22. The molecule has 8 heteroatoms. The van der Waals surface area contributed by atoms with E-state index in [4.69, 9.17) is 9.47 Å². The highest BCUT2D eigenvalue weighted by molar-refractivity contribution is 5.69. The molecule has 0 unspecified atom stereocenters. The van der Waals surface area contributed by atoms with Crippen LogP contribution in [0.1, 0.15) is 122 Å². The number of esters is 2. The van der Waals surface area contributed by atoms with E-state index >= 15 is 0 Å². The van der Waals surface area contributed by atoms with Gasteiger partial charge in [0, 0.05) is 12.8 Å². The molecule has 0 N–H and O–H groups in total. The maximum Gasteiger partial charge on any atom is 0.573 e. The molecule has 0 radical (unpaired) electrons. The van der Waals surface area contributed by atoms with Gasteiger partial charge in [-0.2, -0.15) is 0 Å². The molecule has 212 valence electrons. The van der Waals surface area contributed by atoms with Crippen LogP contribution < -0.4 is 4.74 Å². The lowest BCUT2D eigenvalue weighted by Crippen LogP contribution is -2.17. The molecule has 0 heterocycles. The molecule has 0 spiro atoms. The highest BCUT2D eigenvalue weighted by Gasteiger charge is 2.30. The highest BCUT2D eigenvalue weighted by atomic mass is 19.4. The van der Waals surface area contributed by atoms with Crippen LogP contribution >= 0.6 is 0 Å². The van der Waals surface area contributed by atoms with Crippen molar-refractivity contribution in [2.45, 2.75) is 129 Å². The van der Waals surface area contributed by atoms with Crippen LogP contribution in [0.3, 0.4) is 0 Å². The zero-order valence-corrected chi connectivity index (χ0v) is 22.4. The quantitative estimate of drug-likeness (QED) is 0.111. The molecule has 1 aromatic rings. The number of halogens is 3. The molecule has 0 aliphatic rings. The topological polar surface area (TPSA) is 61.8 Å². The molecular formula is C29H45F3O5. The Morgan fingerprint density at radius 1 is 0.649 bits per heavy atom. The summed E-state index contributed by atoms with van der Waals surface area (Å²) >= 11 is 0. The fourth-order valence-corrected chi connectivity index (χ4v) is 3.94. The summed E-state index contributed by atoms with van der Waals surface area (Å²) in [4.78, 5) is 23.6. The van der Waals surface area contributed by atoms with E-state index in [-0.39, 0.29) is 24.3 Å². The van der Waals surface area contributed by atoms with Gasteiger partial charge in [0.15, 0.2) is 0 Å². The zero-order chi connectivity index (χ0) is 27.2. The number of hydrogen-bond acceptors (Lipinski definition) is 5. The second-order valence-corrected chi connectivity index (χ2v) is 9.52. The summed E-state index contributed by atoms with van der Waals surface area (Å²) in [6, 6.07) is 5.24. The molecular weight excluding hydrogens is 485 g/mol. The zero-order valence-electron chi connectivity index (χ0n) is 22.4. The van der Waals surface area contributed by atoms with Gasteiger partial charge in [0.05, 0.1) is 6.61 Å². The van der Waals surface area contributed by atoms with Gasteiger partial charge in [-0.15, -0.1) is 13.2 Å². The Morgan fingerprint density at radius 3 is 1.62 bits per heavy atom. The first-order chi connectivity index (χ1) is 17.8. The molecule has 0 atom stereocenters. The van der Waals surface area contributed by atoms with E-state index in [1.165, 1.54) is 69.2 Å². The minimum atomic E-state index is -4.73. The second-order valence-electron chi connectivity index (χ2n) is 9.52. The van der Waals surface area contributed by atoms with E-state index in [2.05, 4.69) is 11.7 Å². The van der Waals surface area contributed by atoms with Gasteiger partial charge in [-0.3, -0.25) is 9.59 Å². The summed E-state index contributed by atoms with van der Waals surface area (Å²) in [6.07, 6.45) is 12.6. The first kappa shape index (κ1) is 32.8. The number of carbonyl (C=O) groups is 2. The number of hydrogen-bond donors (Lipinski definition) is 0. The van der Waals surface area contributed by atoms with Crippen LogP contribution in [0.25, 0.3) is 0 Å². The van der Waals surface area contributed by atoms with Crippen molar-refractivity contribution in [1.29, 1.82) is 0 Å². The lowest BCUT2D eigenvalue weighted by atomic mass is 10.1. The number of benzene rings is 1. The molecule has 0 saturated heterocycles. The molecule has 0 bridgehead atoms. The predicted molar refractivity (Wildman–Crippen MR) is 138 cm³/mol. The molecule has 0 amide bonds. The van der Waals surface area contributed by atoms with Crippen molar-refractivity contribution in [3.05, 3.63) is 29.8 Å². The molecule has 0 aliphatic heterocycles. The smallest absolute Gasteiger partial charge is 0.466 e. The van der Waals surface area contributed by atoms with Gasteiger partial charge in [-0.25, -0.2) is 0 Å². The number of ether oxygens (including phenoxy) is 3. The number of alkyl halides is 3. The Labute approximate surface area is 220 Å². The second kappa shape index (κ2) is 20.8.